The fraction of sp³-hybridized carbons (Fsp3) is 0.385. The van der Waals surface area contributed by atoms with E-state index in [4.69, 9.17) is 0 Å². The van der Waals surface area contributed by atoms with Gasteiger partial charge in [0, 0.05) is 22.5 Å². The van der Waals surface area contributed by atoms with E-state index in [1.165, 1.54) is 12.1 Å². The Bertz CT molecular complexity index is 558. The number of rotatable bonds is 2. The molecule has 0 saturated carbocycles. The van der Waals surface area contributed by atoms with Crippen LogP contribution in [0, 0.1) is 5.82 Å². The van der Waals surface area contributed by atoms with Crippen molar-refractivity contribution in [2.75, 3.05) is 13.1 Å². The number of halogens is 2. The summed E-state index contributed by atoms with van der Waals surface area (Å²) < 4.78 is 14.1. The highest BCUT2D eigenvalue weighted by Crippen LogP contribution is 2.25. The smallest absolute Gasteiger partial charge is 0.181 e. The lowest BCUT2D eigenvalue weighted by Crippen LogP contribution is -2.28. The summed E-state index contributed by atoms with van der Waals surface area (Å²) in [4.78, 5) is 4.49. The Morgan fingerprint density at radius 3 is 2.95 bits per heavy atom. The zero-order valence-electron chi connectivity index (χ0n) is 10.3. The minimum Gasteiger partial charge on any atom is -0.316 e. The third kappa shape index (κ3) is 2.84. The van der Waals surface area contributed by atoms with Gasteiger partial charge in [-0.1, -0.05) is 15.9 Å². The van der Waals surface area contributed by atoms with Gasteiger partial charge in [-0.05, 0) is 37.6 Å². The summed E-state index contributed by atoms with van der Waals surface area (Å²) in [5, 5.41) is 10.5. The Balaban J connectivity index is 1.87. The molecule has 1 saturated heterocycles. The second-order valence-electron chi connectivity index (χ2n) is 4.75. The normalized spacial score (nSPS) is 19.6. The molecule has 1 aliphatic rings. The number of H-pyrrole nitrogens is 1. The highest BCUT2D eigenvalue weighted by atomic mass is 79.9. The van der Waals surface area contributed by atoms with Crippen LogP contribution < -0.4 is 5.32 Å². The Kier molecular flexibility index (Phi) is 3.61. The molecule has 1 fully saturated rings. The van der Waals surface area contributed by atoms with Crippen molar-refractivity contribution in [1.82, 2.24) is 20.5 Å². The maximum atomic E-state index is 13.4. The predicted octanol–water partition coefficient (Wildman–Crippen LogP) is 2.84. The molecule has 1 aromatic heterocycles. The Labute approximate surface area is 119 Å². The van der Waals surface area contributed by atoms with E-state index in [0.29, 0.717) is 21.8 Å². The largest absolute Gasteiger partial charge is 0.316 e. The number of nitrogens with zero attached hydrogens (tertiary/aromatic N) is 2. The van der Waals surface area contributed by atoms with Crippen molar-refractivity contribution in [3.63, 3.8) is 0 Å². The third-order valence-electron chi connectivity index (χ3n) is 3.31. The van der Waals surface area contributed by atoms with Gasteiger partial charge in [0.1, 0.15) is 11.6 Å². The van der Waals surface area contributed by atoms with Gasteiger partial charge in [-0.25, -0.2) is 9.37 Å². The topological polar surface area (TPSA) is 53.6 Å². The maximum Gasteiger partial charge on any atom is 0.181 e. The zero-order valence-corrected chi connectivity index (χ0v) is 11.9. The molecule has 6 heteroatoms. The molecule has 0 amide bonds. The monoisotopic (exact) mass is 324 g/mol. The van der Waals surface area contributed by atoms with Crippen LogP contribution in [0.3, 0.4) is 0 Å². The number of aromatic nitrogens is 3. The summed E-state index contributed by atoms with van der Waals surface area (Å²) in [6.45, 7) is 1.98. The van der Waals surface area contributed by atoms with Crippen LogP contribution in [0.5, 0.6) is 0 Å². The zero-order chi connectivity index (χ0) is 13.2. The van der Waals surface area contributed by atoms with E-state index in [1.54, 1.807) is 0 Å². The lowest BCUT2D eigenvalue weighted by Gasteiger charge is -2.20. The molecule has 2 N–H and O–H groups in total. The third-order valence-corrected chi connectivity index (χ3v) is 3.76. The van der Waals surface area contributed by atoms with Crippen LogP contribution in [0.1, 0.15) is 24.6 Å². The molecule has 1 aromatic carbocycles. The average Bonchev–Trinajstić information content (AvgIpc) is 2.88. The summed E-state index contributed by atoms with van der Waals surface area (Å²) in [5.74, 6) is 1.49. The van der Waals surface area contributed by atoms with E-state index >= 15 is 0 Å². The van der Waals surface area contributed by atoms with Gasteiger partial charge in [0.2, 0.25) is 0 Å². The summed E-state index contributed by atoms with van der Waals surface area (Å²) >= 11 is 3.28. The van der Waals surface area contributed by atoms with Gasteiger partial charge in [-0.2, -0.15) is 5.10 Å². The van der Waals surface area contributed by atoms with E-state index in [0.717, 1.165) is 31.8 Å². The lowest BCUT2D eigenvalue weighted by molar-refractivity contribution is 0.447. The van der Waals surface area contributed by atoms with Crippen LogP contribution in [0.15, 0.2) is 22.7 Å². The van der Waals surface area contributed by atoms with Gasteiger partial charge in [-0.3, -0.25) is 5.10 Å². The highest BCUT2D eigenvalue weighted by Gasteiger charge is 2.19. The van der Waals surface area contributed by atoms with Crippen molar-refractivity contribution in [3.8, 4) is 11.4 Å². The van der Waals surface area contributed by atoms with Crippen LogP contribution in [0.4, 0.5) is 4.39 Å². The van der Waals surface area contributed by atoms with E-state index in [-0.39, 0.29) is 5.82 Å². The quantitative estimate of drug-likeness (QED) is 0.893. The Morgan fingerprint density at radius 1 is 1.32 bits per heavy atom. The summed E-state index contributed by atoms with van der Waals surface area (Å²) in [5.41, 5.74) is 0.679. The molecule has 2 aromatic rings. The molecule has 100 valence electrons. The first-order valence-electron chi connectivity index (χ1n) is 6.32. The van der Waals surface area contributed by atoms with Crippen molar-refractivity contribution < 1.29 is 4.39 Å². The van der Waals surface area contributed by atoms with Crippen LogP contribution >= 0.6 is 15.9 Å². The summed E-state index contributed by atoms with van der Waals surface area (Å²) in [6.07, 6.45) is 2.25. The second-order valence-corrected chi connectivity index (χ2v) is 5.66. The average molecular weight is 325 g/mol. The number of piperidine rings is 1. The molecule has 0 aliphatic carbocycles. The molecule has 1 aliphatic heterocycles. The summed E-state index contributed by atoms with van der Waals surface area (Å²) in [6, 6.07) is 4.67. The lowest BCUT2D eigenvalue weighted by atomic mass is 9.99. The molecule has 0 bridgehead atoms. The van der Waals surface area contributed by atoms with Gasteiger partial charge in [0.25, 0.3) is 0 Å². The molecular formula is C13H14BrFN4. The summed E-state index contributed by atoms with van der Waals surface area (Å²) in [7, 11) is 0. The molecule has 2 heterocycles. The number of hydrogen-bond donors (Lipinski definition) is 2. The standard InChI is InChI=1S/C13H14BrFN4/c14-10-4-9(5-11(15)6-10)13-17-12(18-19-13)8-2-1-3-16-7-8/h4-6,8,16H,1-3,7H2,(H,17,18,19). The van der Waals surface area contributed by atoms with Gasteiger partial charge in [0.05, 0.1) is 0 Å². The molecule has 0 spiro atoms. The van der Waals surface area contributed by atoms with Crippen molar-refractivity contribution in [2.45, 2.75) is 18.8 Å². The van der Waals surface area contributed by atoms with Crippen molar-refractivity contribution >= 4 is 15.9 Å². The minimum absolute atomic E-state index is 0.296. The van der Waals surface area contributed by atoms with E-state index < -0.39 is 0 Å². The highest BCUT2D eigenvalue weighted by molar-refractivity contribution is 9.10. The van der Waals surface area contributed by atoms with E-state index in [9.17, 15) is 4.39 Å². The van der Waals surface area contributed by atoms with E-state index in [1.807, 2.05) is 6.07 Å². The van der Waals surface area contributed by atoms with Gasteiger partial charge < -0.3 is 5.32 Å². The van der Waals surface area contributed by atoms with Gasteiger partial charge in [0.15, 0.2) is 5.82 Å². The van der Waals surface area contributed by atoms with Crippen LogP contribution in [-0.4, -0.2) is 28.3 Å². The molecule has 3 rings (SSSR count). The first-order valence-corrected chi connectivity index (χ1v) is 7.11. The number of hydrogen-bond acceptors (Lipinski definition) is 3. The van der Waals surface area contributed by atoms with Gasteiger partial charge in [-0.15, -0.1) is 0 Å². The molecule has 0 radical (unpaired) electrons. The Hall–Kier alpha value is -1.27. The first kappa shape index (κ1) is 12.7. The number of nitrogens with one attached hydrogen (secondary N) is 2. The second kappa shape index (κ2) is 5.38. The molecule has 19 heavy (non-hydrogen) atoms. The molecule has 1 atom stereocenters. The maximum absolute atomic E-state index is 13.4. The van der Waals surface area contributed by atoms with Crippen LogP contribution in [0.2, 0.25) is 0 Å². The number of aromatic amines is 1. The fourth-order valence-electron chi connectivity index (χ4n) is 2.35. The van der Waals surface area contributed by atoms with Crippen LogP contribution in [0.25, 0.3) is 11.4 Å². The fourth-order valence-corrected chi connectivity index (χ4v) is 2.82. The van der Waals surface area contributed by atoms with Gasteiger partial charge >= 0.3 is 0 Å². The van der Waals surface area contributed by atoms with Crippen LogP contribution in [-0.2, 0) is 0 Å². The number of benzene rings is 1. The molecule has 4 nitrogen and oxygen atoms in total. The van der Waals surface area contributed by atoms with Crippen molar-refractivity contribution in [2.24, 2.45) is 0 Å². The SMILES string of the molecule is Fc1cc(Br)cc(-c2n[nH]c(C3CCCNC3)n2)c1. The molecule has 1 unspecified atom stereocenters. The van der Waals surface area contributed by atoms with Crippen molar-refractivity contribution in [1.29, 1.82) is 0 Å². The first-order chi connectivity index (χ1) is 9.22. The predicted molar refractivity (Wildman–Crippen MR) is 74.3 cm³/mol. The van der Waals surface area contributed by atoms with E-state index in [2.05, 4.69) is 36.4 Å². The minimum atomic E-state index is -0.296. The van der Waals surface area contributed by atoms with Crippen molar-refractivity contribution in [3.05, 3.63) is 34.3 Å². The molecular weight excluding hydrogens is 311 g/mol. The Morgan fingerprint density at radius 2 is 2.21 bits per heavy atom.